The number of rotatable bonds is 5. The Balaban J connectivity index is 2.68. The van der Waals surface area contributed by atoms with Crippen LogP contribution in [0, 0.1) is 0 Å². The van der Waals surface area contributed by atoms with Gasteiger partial charge in [-0.15, -0.1) is 0 Å². The Morgan fingerprint density at radius 1 is 1.41 bits per heavy atom. The van der Waals surface area contributed by atoms with Gasteiger partial charge in [0.05, 0.1) is 11.3 Å². The Bertz CT molecular complexity index is 527. The number of hydrogen-bond donors (Lipinski definition) is 4. The van der Waals surface area contributed by atoms with Gasteiger partial charge in [0.15, 0.2) is 0 Å². The van der Waals surface area contributed by atoms with Gasteiger partial charge in [0, 0.05) is 17.9 Å². The van der Waals surface area contributed by atoms with Crippen molar-refractivity contribution >= 4 is 27.4 Å². The summed E-state index contributed by atoms with van der Waals surface area (Å²) in [5.41, 5.74) is 6.17. The molecule has 94 valence electrons. The summed E-state index contributed by atoms with van der Waals surface area (Å²) in [6.07, 6.45) is 0. The fraction of sp³-hybridized carbons (Fsp3) is 0.222. The number of nitrogen functional groups attached to an aromatic ring is 1. The number of sulfonamides is 1. The zero-order valence-electron chi connectivity index (χ0n) is 8.88. The molecule has 17 heavy (non-hydrogen) atoms. The minimum atomic E-state index is -3.51. The summed E-state index contributed by atoms with van der Waals surface area (Å²) in [7, 11) is -3.51. The lowest BCUT2D eigenvalue weighted by Crippen LogP contribution is -2.22. The predicted molar refractivity (Wildman–Crippen MR) is 64.3 cm³/mol. The molecule has 0 radical (unpaired) electrons. The standard InChI is InChI=1S/C9H13N3O4S/c10-8-5-6(1-2-7(8)9(13)14)12-3-4-17(11,15)16/h1-2,5,12H,3-4,10H2,(H,13,14)(H2,11,15,16). The number of carbonyl (C=O) groups is 1. The molecule has 0 aromatic heterocycles. The smallest absolute Gasteiger partial charge is 0.337 e. The molecule has 0 saturated carbocycles. The zero-order valence-corrected chi connectivity index (χ0v) is 9.70. The molecule has 0 spiro atoms. The van der Waals surface area contributed by atoms with Crippen LogP contribution in [0.15, 0.2) is 18.2 Å². The van der Waals surface area contributed by atoms with Gasteiger partial charge in [0.25, 0.3) is 0 Å². The summed E-state index contributed by atoms with van der Waals surface area (Å²) in [5.74, 6) is -1.33. The number of primary sulfonamides is 1. The quantitative estimate of drug-likeness (QED) is 0.534. The van der Waals surface area contributed by atoms with E-state index >= 15 is 0 Å². The number of aromatic carboxylic acids is 1. The molecular formula is C9H13N3O4S. The van der Waals surface area contributed by atoms with Crippen LogP contribution in [0.2, 0.25) is 0 Å². The summed E-state index contributed by atoms with van der Waals surface area (Å²) in [6, 6.07) is 4.27. The summed E-state index contributed by atoms with van der Waals surface area (Å²) in [5, 5.41) is 16.3. The van der Waals surface area contributed by atoms with Crippen LogP contribution in [0.25, 0.3) is 0 Å². The van der Waals surface area contributed by atoms with E-state index < -0.39 is 16.0 Å². The molecule has 0 heterocycles. The van der Waals surface area contributed by atoms with Crippen molar-refractivity contribution in [2.75, 3.05) is 23.3 Å². The molecule has 1 rings (SSSR count). The van der Waals surface area contributed by atoms with Crippen molar-refractivity contribution in [2.45, 2.75) is 0 Å². The van der Waals surface area contributed by atoms with E-state index in [4.69, 9.17) is 16.0 Å². The first-order valence-electron chi connectivity index (χ1n) is 4.67. The van der Waals surface area contributed by atoms with E-state index in [2.05, 4.69) is 5.32 Å². The Morgan fingerprint density at radius 2 is 2.06 bits per heavy atom. The molecule has 0 aliphatic heterocycles. The van der Waals surface area contributed by atoms with E-state index in [1.165, 1.54) is 18.2 Å². The maximum absolute atomic E-state index is 10.7. The van der Waals surface area contributed by atoms with Crippen LogP contribution in [0.5, 0.6) is 0 Å². The molecule has 0 fully saturated rings. The first-order valence-corrected chi connectivity index (χ1v) is 6.38. The molecular weight excluding hydrogens is 246 g/mol. The van der Waals surface area contributed by atoms with Gasteiger partial charge in [0.2, 0.25) is 10.0 Å². The Hall–Kier alpha value is -1.80. The Labute approximate surface area is 98.5 Å². The molecule has 0 aliphatic carbocycles. The second kappa shape index (κ2) is 5.02. The van der Waals surface area contributed by atoms with E-state index in [0.29, 0.717) is 5.69 Å². The van der Waals surface area contributed by atoms with Gasteiger partial charge in [-0.05, 0) is 18.2 Å². The van der Waals surface area contributed by atoms with Gasteiger partial charge in [-0.3, -0.25) is 0 Å². The zero-order chi connectivity index (χ0) is 13.1. The third kappa shape index (κ3) is 4.29. The maximum atomic E-state index is 10.7. The van der Waals surface area contributed by atoms with Crippen LogP contribution < -0.4 is 16.2 Å². The number of anilines is 2. The second-order valence-corrected chi connectivity index (χ2v) is 5.13. The number of benzene rings is 1. The molecule has 0 saturated heterocycles. The van der Waals surface area contributed by atoms with E-state index in [9.17, 15) is 13.2 Å². The highest BCUT2D eigenvalue weighted by Crippen LogP contribution is 2.17. The van der Waals surface area contributed by atoms with Gasteiger partial charge in [0.1, 0.15) is 0 Å². The first kappa shape index (κ1) is 13.3. The van der Waals surface area contributed by atoms with E-state index in [1.807, 2.05) is 0 Å². The number of hydrogen-bond acceptors (Lipinski definition) is 5. The maximum Gasteiger partial charge on any atom is 0.337 e. The third-order valence-electron chi connectivity index (χ3n) is 2.00. The highest BCUT2D eigenvalue weighted by molar-refractivity contribution is 7.89. The summed E-state index contributed by atoms with van der Waals surface area (Å²) < 4.78 is 21.3. The van der Waals surface area contributed by atoms with Crippen LogP contribution in [0.3, 0.4) is 0 Å². The SMILES string of the molecule is Nc1cc(NCCS(N)(=O)=O)ccc1C(=O)O. The van der Waals surface area contributed by atoms with Crippen LogP contribution in [-0.2, 0) is 10.0 Å². The average Bonchev–Trinajstić information content (AvgIpc) is 2.15. The molecule has 0 atom stereocenters. The lowest BCUT2D eigenvalue weighted by atomic mass is 10.1. The lowest BCUT2D eigenvalue weighted by Gasteiger charge is -2.07. The summed E-state index contributed by atoms with van der Waals surface area (Å²) >= 11 is 0. The highest BCUT2D eigenvalue weighted by atomic mass is 32.2. The molecule has 0 unspecified atom stereocenters. The van der Waals surface area contributed by atoms with Crippen molar-refractivity contribution in [2.24, 2.45) is 5.14 Å². The van der Waals surface area contributed by atoms with Crippen LogP contribution in [0.4, 0.5) is 11.4 Å². The molecule has 6 N–H and O–H groups in total. The molecule has 0 aliphatic rings. The van der Waals surface area contributed by atoms with Gasteiger partial charge >= 0.3 is 5.97 Å². The van der Waals surface area contributed by atoms with Gasteiger partial charge < -0.3 is 16.2 Å². The van der Waals surface area contributed by atoms with Crippen molar-refractivity contribution < 1.29 is 18.3 Å². The molecule has 1 aromatic carbocycles. The van der Waals surface area contributed by atoms with E-state index in [1.54, 1.807) is 0 Å². The van der Waals surface area contributed by atoms with Gasteiger partial charge in [-0.2, -0.15) is 0 Å². The second-order valence-electron chi connectivity index (χ2n) is 3.40. The topological polar surface area (TPSA) is 136 Å². The van der Waals surface area contributed by atoms with Crippen molar-refractivity contribution in [1.82, 2.24) is 0 Å². The minimum Gasteiger partial charge on any atom is -0.478 e. The van der Waals surface area contributed by atoms with Gasteiger partial charge in [-0.1, -0.05) is 0 Å². The molecule has 0 amide bonds. The Kier molecular flexibility index (Phi) is 3.92. The molecule has 7 nitrogen and oxygen atoms in total. The third-order valence-corrected chi connectivity index (χ3v) is 2.77. The number of nitrogens with two attached hydrogens (primary N) is 2. The number of carboxylic acids is 1. The summed E-state index contributed by atoms with van der Waals surface area (Å²) in [4.78, 5) is 10.7. The highest BCUT2D eigenvalue weighted by Gasteiger charge is 2.08. The van der Waals surface area contributed by atoms with E-state index in [0.717, 1.165) is 0 Å². The molecule has 1 aromatic rings. The lowest BCUT2D eigenvalue weighted by molar-refractivity contribution is 0.0698. The van der Waals surface area contributed by atoms with E-state index in [-0.39, 0.29) is 23.5 Å². The predicted octanol–water partition coefficient (Wildman–Crippen LogP) is -0.333. The monoisotopic (exact) mass is 259 g/mol. The minimum absolute atomic E-state index is 0.00185. The average molecular weight is 259 g/mol. The normalized spacial score (nSPS) is 11.1. The molecule has 8 heteroatoms. The van der Waals surface area contributed by atoms with Crippen LogP contribution >= 0.6 is 0 Å². The van der Waals surface area contributed by atoms with Crippen LogP contribution in [-0.4, -0.2) is 31.8 Å². The number of carboxylic acid groups (broad SMARTS) is 1. The first-order chi connectivity index (χ1) is 7.79. The summed E-state index contributed by atoms with van der Waals surface area (Å²) in [6.45, 7) is 0.130. The van der Waals surface area contributed by atoms with Gasteiger partial charge in [-0.25, -0.2) is 18.4 Å². The van der Waals surface area contributed by atoms with Crippen molar-refractivity contribution in [3.05, 3.63) is 23.8 Å². The van der Waals surface area contributed by atoms with Crippen molar-refractivity contribution in [3.63, 3.8) is 0 Å². The fourth-order valence-electron chi connectivity index (χ4n) is 1.21. The fourth-order valence-corrected chi connectivity index (χ4v) is 1.59. The van der Waals surface area contributed by atoms with Crippen molar-refractivity contribution in [3.8, 4) is 0 Å². The largest absolute Gasteiger partial charge is 0.478 e. The van der Waals surface area contributed by atoms with Crippen LogP contribution in [0.1, 0.15) is 10.4 Å². The van der Waals surface area contributed by atoms with Crippen molar-refractivity contribution in [1.29, 1.82) is 0 Å². The molecule has 0 bridgehead atoms. The Morgan fingerprint density at radius 3 is 2.53 bits per heavy atom. The number of nitrogens with one attached hydrogen (secondary N) is 1.